The van der Waals surface area contributed by atoms with Crippen LogP contribution in [0.3, 0.4) is 0 Å². The highest BCUT2D eigenvalue weighted by Crippen LogP contribution is 2.32. The minimum absolute atomic E-state index is 0.0878. The monoisotopic (exact) mass is 369 g/mol. The van der Waals surface area contributed by atoms with Crippen LogP contribution in [0, 0.1) is 13.8 Å². The van der Waals surface area contributed by atoms with Gasteiger partial charge >= 0.3 is 0 Å². The maximum absolute atomic E-state index is 12.3. The molecule has 1 aliphatic rings. The van der Waals surface area contributed by atoms with Gasteiger partial charge in [0, 0.05) is 32.4 Å². The summed E-state index contributed by atoms with van der Waals surface area (Å²) in [6.07, 6.45) is 3.63. The third kappa shape index (κ3) is 3.31. The third-order valence-corrected chi connectivity index (χ3v) is 5.93. The lowest BCUT2D eigenvalue weighted by atomic mass is 10.1. The highest BCUT2D eigenvalue weighted by Gasteiger charge is 2.24. The van der Waals surface area contributed by atoms with Crippen molar-refractivity contribution < 1.29 is 4.79 Å². The molecule has 0 saturated carbocycles. The van der Waals surface area contributed by atoms with Crippen molar-refractivity contribution >= 4 is 32.6 Å². The van der Waals surface area contributed by atoms with Crippen molar-refractivity contribution in [3.8, 4) is 0 Å². The van der Waals surface area contributed by atoms with E-state index in [1.165, 1.54) is 15.8 Å². The van der Waals surface area contributed by atoms with Crippen LogP contribution >= 0.6 is 11.3 Å². The van der Waals surface area contributed by atoms with Crippen molar-refractivity contribution in [3.05, 3.63) is 41.2 Å². The quantitative estimate of drug-likeness (QED) is 0.771. The van der Waals surface area contributed by atoms with Crippen LogP contribution in [0.5, 0.6) is 0 Å². The molecule has 7 heteroatoms. The highest BCUT2D eigenvalue weighted by molar-refractivity contribution is 7.22. The fraction of sp³-hybridized carbons (Fsp3) is 0.421. The number of rotatable bonds is 3. The number of fused-ring (bicyclic) bond motifs is 1. The van der Waals surface area contributed by atoms with E-state index >= 15 is 0 Å². The Morgan fingerprint density at radius 1 is 1.27 bits per heavy atom. The lowest BCUT2D eigenvalue weighted by Crippen LogP contribution is -2.44. The van der Waals surface area contributed by atoms with Crippen LogP contribution in [0.25, 0.3) is 10.2 Å². The molecule has 0 unspecified atom stereocenters. The Bertz CT molecular complexity index is 952. The number of nitrogens with zero attached hydrogens (tertiary/aromatic N) is 4. The molecule has 136 valence electrons. The molecule has 0 radical (unpaired) electrons. The molecule has 1 saturated heterocycles. The minimum atomic E-state index is -0.0878. The Balaban J connectivity index is 1.40. The Morgan fingerprint density at radius 3 is 2.73 bits per heavy atom. The molecule has 1 fully saturated rings. The summed E-state index contributed by atoms with van der Waals surface area (Å²) in [6, 6.07) is 6.34. The molecule has 3 aromatic rings. The maximum Gasteiger partial charge on any atom is 0.271 e. The number of carbonyl (C=O) groups is 1. The molecule has 0 bridgehead atoms. The van der Waals surface area contributed by atoms with Crippen molar-refractivity contribution in [1.82, 2.24) is 20.1 Å². The number of benzene rings is 1. The normalized spacial score (nSPS) is 15.6. The Morgan fingerprint density at radius 2 is 2.04 bits per heavy atom. The van der Waals surface area contributed by atoms with Gasteiger partial charge in [-0.3, -0.25) is 9.48 Å². The van der Waals surface area contributed by atoms with Crippen molar-refractivity contribution in [1.29, 1.82) is 0 Å². The van der Waals surface area contributed by atoms with Gasteiger partial charge in [0.25, 0.3) is 5.91 Å². The fourth-order valence-corrected chi connectivity index (χ4v) is 4.70. The second-order valence-electron chi connectivity index (χ2n) is 7.03. The maximum atomic E-state index is 12.3. The second kappa shape index (κ2) is 6.72. The first-order valence-corrected chi connectivity index (χ1v) is 9.74. The van der Waals surface area contributed by atoms with Gasteiger partial charge < -0.3 is 10.2 Å². The zero-order valence-corrected chi connectivity index (χ0v) is 16.1. The summed E-state index contributed by atoms with van der Waals surface area (Å²) in [4.78, 5) is 19.4. The van der Waals surface area contributed by atoms with E-state index in [1.54, 1.807) is 28.3 Å². The lowest BCUT2D eigenvalue weighted by molar-refractivity contribution is 0.0925. The van der Waals surface area contributed by atoms with Crippen LogP contribution in [0.15, 0.2) is 24.4 Å². The van der Waals surface area contributed by atoms with E-state index in [2.05, 4.69) is 41.3 Å². The minimum Gasteiger partial charge on any atom is -0.348 e. The number of hydrogen-bond acceptors (Lipinski definition) is 5. The summed E-state index contributed by atoms with van der Waals surface area (Å²) in [5, 5.41) is 8.36. The smallest absolute Gasteiger partial charge is 0.271 e. The predicted molar refractivity (Wildman–Crippen MR) is 105 cm³/mol. The van der Waals surface area contributed by atoms with E-state index in [0.717, 1.165) is 36.6 Å². The average Bonchev–Trinajstić information content (AvgIpc) is 3.22. The molecule has 26 heavy (non-hydrogen) atoms. The topological polar surface area (TPSA) is 63.1 Å². The highest BCUT2D eigenvalue weighted by atomic mass is 32.1. The van der Waals surface area contributed by atoms with Crippen LogP contribution in [0.2, 0.25) is 0 Å². The number of nitrogens with one attached hydrogen (secondary N) is 1. The van der Waals surface area contributed by atoms with E-state index in [0.29, 0.717) is 5.69 Å². The summed E-state index contributed by atoms with van der Waals surface area (Å²) in [7, 11) is 1.82. The number of aromatic nitrogens is 3. The number of amides is 1. The SMILES string of the molecule is Cc1cc(C)c2nc(N3CCC(NC(=O)c4ccn(C)n4)CC3)sc2c1. The Kier molecular flexibility index (Phi) is 4.40. The van der Waals surface area contributed by atoms with E-state index < -0.39 is 0 Å². The second-order valence-corrected chi connectivity index (χ2v) is 8.04. The van der Waals surface area contributed by atoms with Crippen molar-refractivity contribution in [3.63, 3.8) is 0 Å². The van der Waals surface area contributed by atoms with Crippen LogP contribution < -0.4 is 10.2 Å². The number of aryl methyl sites for hydroxylation is 3. The van der Waals surface area contributed by atoms with Gasteiger partial charge in [0.1, 0.15) is 5.69 Å². The van der Waals surface area contributed by atoms with Crippen molar-refractivity contribution in [2.24, 2.45) is 7.05 Å². The number of hydrogen-bond donors (Lipinski definition) is 1. The van der Waals surface area contributed by atoms with Crippen molar-refractivity contribution in [2.45, 2.75) is 32.7 Å². The first-order chi connectivity index (χ1) is 12.5. The molecule has 1 amide bonds. The van der Waals surface area contributed by atoms with Crippen LogP contribution in [0.4, 0.5) is 5.13 Å². The number of piperidine rings is 1. The fourth-order valence-electron chi connectivity index (χ4n) is 3.50. The molecule has 1 N–H and O–H groups in total. The van der Waals surface area contributed by atoms with Crippen LogP contribution in [0.1, 0.15) is 34.5 Å². The number of anilines is 1. The van der Waals surface area contributed by atoms with Crippen molar-refractivity contribution in [2.75, 3.05) is 18.0 Å². The van der Waals surface area contributed by atoms with E-state index in [1.807, 2.05) is 7.05 Å². The zero-order valence-electron chi connectivity index (χ0n) is 15.3. The van der Waals surface area contributed by atoms with E-state index in [9.17, 15) is 4.79 Å². The summed E-state index contributed by atoms with van der Waals surface area (Å²) in [5.41, 5.74) is 4.11. The van der Waals surface area contributed by atoms with Gasteiger partial charge in [-0.1, -0.05) is 17.4 Å². The molecule has 1 aliphatic heterocycles. The van der Waals surface area contributed by atoms with E-state index in [4.69, 9.17) is 4.98 Å². The predicted octanol–water partition coefficient (Wildman–Crippen LogP) is 3.05. The Hall–Kier alpha value is -2.41. The number of carbonyl (C=O) groups excluding carboxylic acids is 1. The molecular weight excluding hydrogens is 346 g/mol. The number of thiazole rings is 1. The largest absolute Gasteiger partial charge is 0.348 e. The summed E-state index contributed by atoms with van der Waals surface area (Å²) in [6.45, 7) is 6.07. The van der Waals surface area contributed by atoms with E-state index in [-0.39, 0.29) is 11.9 Å². The standard InChI is InChI=1S/C19H23N5OS/c1-12-10-13(2)17-16(11-12)26-19(21-17)24-8-4-14(5-9-24)20-18(25)15-6-7-23(3)22-15/h6-7,10-11,14H,4-5,8-9H2,1-3H3,(H,20,25). The third-order valence-electron chi connectivity index (χ3n) is 4.87. The molecule has 6 nitrogen and oxygen atoms in total. The summed E-state index contributed by atoms with van der Waals surface area (Å²) in [5.74, 6) is -0.0878. The van der Waals surface area contributed by atoms with Crippen LogP contribution in [-0.2, 0) is 7.05 Å². The first kappa shape index (κ1) is 17.0. The van der Waals surface area contributed by atoms with Gasteiger partial charge in [0.05, 0.1) is 10.2 Å². The zero-order chi connectivity index (χ0) is 18.3. The molecular formula is C19H23N5OS. The van der Waals surface area contributed by atoms with Gasteiger partial charge in [-0.2, -0.15) is 5.10 Å². The van der Waals surface area contributed by atoms with Gasteiger partial charge in [0.15, 0.2) is 5.13 Å². The molecule has 0 spiro atoms. The average molecular weight is 369 g/mol. The van der Waals surface area contributed by atoms with Crippen LogP contribution in [-0.4, -0.2) is 39.8 Å². The molecule has 2 aromatic heterocycles. The lowest BCUT2D eigenvalue weighted by Gasteiger charge is -2.32. The first-order valence-electron chi connectivity index (χ1n) is 8.93. The van der Waals surface area contributed by atoms with Gasteiger partial charge in [-0.25, -0.2) is 4.98 Å². The molecule has 3 heterocycles. The van der Waals surface area contributed by atoms with Gasteiger partial charge in [-0.05, 0) is 49.9 Å². The molecule has 0 aliphatic carbocycles. The summed E-state index contributed by atoms with van der Waals surface area (Å²) < 4.78 is 2.90. The molecule has 1 aromatic carbocycles. The van der Waals surface area contributed by atoms with Gasteiger partial charge in [0.2, 0.25) is 0 Å². The molecule has 0 atom stereocenters. The molecule has 4 rings (SSSR count). The Labute approximate surface area is 156 Å². The summed E-state index contributed by atoms with van der Waals surface area (Å²) >= 11 is 1.76. The van der Waals surface area contributed by atoms with Gasteiger partial charge in [-0.15, -0.1) is 0 Å².